The van der Waals surface area contributed by atoms with E-state index in [-0.39, 0.29) is 0 Å². The van der Waals surface area contributed by atoms with E-state index in [9.17, 15) is 0 Å². The van der Waals surface area contributed by atoms with Crippen LogP contribution in [0.25, 0.3) is 0 Å². The van der Waals surface area contributed by atoms with Gasteiger partial charge in [-0.05, 0) is 26.2 Å². The summed E-state index contributed by atoms with van der Waals surface area (Å²) < 4.78 is 0. The first kappa shape index (κ1) is 7.47. The lowest BCUT2D eigenvalue weighted by atomic mass is 9.79. The van der Waals surface area contributed by atoms with Crippen molar-refractivity contribution in [1.82, 2.24) is 5.32 Å². The molecule has 1 aliphatic carbocycles. The van der Waals surface area contributed by atoms with Crippen LogP contribution in [0.1, 0.15) is 26.2 Å². The quantitative estimate of drug-likeness (QED) is 0.646. The van der Waals surface area contributed by atoms with Crippen molar-refractivity contribution in [1.29, 1.82) is 0 Å². The SMILES string of the molecule is CC1(NC2=NCCS2)CCC1. The number of thioether (sulfide) groups is 1. The van der Waals surface area contributed by atoms with Crippen LogP contribution in [0.15, 0.2) is 4.99 Å². The van der Waals surface area contributed by atoms with Gasteiger partial charge in [0, 0.05) is 11.3 Å². The minimum atomic E-state index is 0.385. The fourth-order valence-corrected chi connectivity index (χ4v) is 2.38. The van der Waals surface area contributed by atoms with E-state index in [1.165, 1.54) is 30.2 Å². The molecule has 1 heterocycles. The summed E-state index contributed by atoms with van der Waals surface area (Å²) in [5.74, 6) is 1.17. The van der Waals surface area contributed by atoms with Crippen LogP contribution in [0.5, 0.6) is 0 Å². The highest BCUT2D eigenvalue weighted by Crippen LogP contribution is 2.32. The highest BCUT2D eigenvalue weighted by atomic mass is 32.2. The van der Waals surface area contributed by atoms with Crippen LogP contribution in [-0.4, -0.2) is 23.0 Å². The van der Waals surface area contributed by atoms with Crippen molar-refractivity contribution in [2.75, 3.05) is 12.3 Å². The molecular formula is C8H14N2S. The third-order valence-corrected chi connectivity index (χ3v) is 3.34. The van der Waals surface area contributed by atoms with Crippen LogP contribution in [0, 0.1) is 0 Å². The predicted molar refractivity (Wildman–Crippen MR) is 50.2 cm³/mol. The van der Waals surface area contributed by atoms with Gasteiger partial charge in [0.1, 0.15) is 0 Å². The minimum absolute atomic E-state index is 0.385. The summed E-state index contributed by atoms with van der Waals surface area (Å²) in [5, 5.41) is 4.68. The van der Waals surface area contributed by atoms with Crippen molar-refractivity contribution >= 4 is 16.9 Å². The predicted octanol–water partition coefficient (Wildman–Crippen LogP) is 1.62. The van der Waals surface area contributed by atoms with Crippen molar-refractivity contribution < 1.29 is 0 Å². The standard InChI is InChI=1S/C8H14N2S/c1-8(3-2-4-8)10-7-9-5-6-11-7/h2-6H2,1H3,(H,9,10). The summed E-state index contributed by atoms with van der Waals surface area (Å²) in [6.07, 6.45) is 4.00. The summed E-state index contributed by atoms with van der Waals surface area (Å²) in [7, 11) is 0. The van der Waals surface area contributed by atoms with E-state index in [2.05, 4.69) is 17.2 Å². The van der Waals surface area contributed by atoms with Crippen molar-refractivity contribution in [2.24, 2.45) is 4.99 Å². The molecule has 1 saturated carbocycles. The number of aliphatic imine (C=N–C) groups is 1. The second-order valence-electron chi connectivity index (χ2n) is 3.57. The Morgan fingerprint density at radius 2 is 2.36 bits per heavy atom. The van der Waals surface area contributed by atoms with E-state index in [0.29, 0.717) is 5.54 Å². The van der Waals surface area contributed by atoms with Crippen LogP contribution in [-0.2, 0) is 0 Å². The second kappa shape index (κ2) is 2.70. The lowest BCUT2D eigenvalue weighted by Gasteiger charge is -2.39. The number of hydrogen-bond acceptors (Lipinski definition) is 3. The number of amidine groups is 1. The zero-order valence-electron chi connectivity index (χ0n) is 6.89. The maximum Gasteiger partial charge on any atom is 0.157 e. The molecule has 2 nitrogen and oxygen atoms in total. The summed E-state index contributed by atoms with van der Waals surface area (Å²) >= 11 is 1.86. The third-order valence-electron chi connectivity index (χ3n) is 2.45. The molecule has 0 saturated heterocycles. The maximum atomic E-state index is 4.37. The third kappa shape index (κ3) is 1.53. The van der Waals surface area contributed by atoms with Crippen LogP contribution in [0.2, 0.25) is 0 Å². The van der Waals surface area contributed by atoms with Crippen molar-refractivity contribution in [2.45, 2.75) is 31.7 Å². The molecular weight excluding hydrogens is 156 g/mol. The number of nitrogens with zero attached hydrogens (tertiary/aromatic N) is 1. The molecule has 0 radical (unpaired) electrons. The molecule has 2 aliphatic rings. The molecule has 3 heteroatoms. The fraction of sp³-hybridized carbons (Fsp3) is 0.875. The summed E-state index contributed by atoms with van der Waals surface area (Å²) in [5.41, 5.74) is 0.385. The zero-order chi connectivity index (χ0) is 7.73. The fourth-order valence-electron chi connectivity index (χ4n) is 1.50. The first-order valence-electron chi connectivity index (χ1n) is 4.24. The van der Waals surface area contributed by atoms with Gasteiger partial charge in [-0.15, -0.1) is 0 Å². The van der Waals surface area contributed by atoms with Gasteiger partial charge in [0.25, 0.3) is 0 Å². The molecule has 1 N–H and O–H groups in total. The van der Waals surface area contributed by atoms with E-state index < -0.39 is 0 Å². The molecule has 62 valence electrons. The van der Waals surface area contributed by atoms with Crippen LogP contribution in [0.3, 0.4) is 0 Å². The molecule has 1 fully saturated rings. The van der Waals surface area contributed by atoms with Gasteiger partial charge in [-0.1, -0.05) is 11.8 Å². The molecule has 1 aliphatic heterocycles. The highest BCUT2D eigenvalue weighted by Gasteiger charge is 2.32. The first-order chi connectivity index (χ1) is 5.29. The molecule has 0 bridgehead atoms. The second-order valence-corrected chi connectivity index (χ2v) is 4.66. The van der Waals surface area contributed by atoms with E-state index in [1.54, 1.807) is 0 Å². The first-order valence-corrected chi connectivity index (χ1v) is 5.23. The van der Waals surface area contributed by atoms with Gasteiger partial charge in [0.15, 0.2) is 5.17 Å². The zero-order valence-corrected chi connectivity index (χ0v) is 7.71. The topological polar surface area (TPSA) is 24.4 Å². The Morgan fingerprint density at radius 1 is 1.55 bits per heavy atom. The lowest BCUT2D eigenvalue weighted by Crippen LogP contribution is -2.49. The van der Waals surface area contributed by atoms with Crippen LogP contribution < -0.4 is 5.32 Å². The van der Waals surface area contributed by atoms with Gasteiger partial charge in [0.2, 0.25) is 0 Å². The molecule has 11 heavy (non-hydrogen) atoms. The van der Waals surface area contributed by atoms with Crippen molar-refractivity contribution in [3.63, 3.8) is 0 Å². The normalized spacial score (nSPS) is 27.5. The Bertz CT molecular complexity index is 185. The Morgan fingerprint density at radius 3 is 2.82 bits per heavy atom. The minimum Gasteiger partial charge on any atom is -0.360 e. The number of nitrogens with one attached hydrogen (secondary N) is 1. The molecule has 0 unspecified atom stereocenters. The van der Waals surface area contributed by atoms with E-state index >= 15 is 0 Å². The Labute approximate surface area is 71.9 Å². The highest BCUT2D eigenvalue weighted by molar-refractivity contribution is 8.14. The van der Waals surface area contributed by atoms with E-state index in [0.717, 1.165) is 6.54 Å². The maximum absolute atomic E-state index is 4.37. The average molecular weight is 170 g/mol. The monoisotopic (exact) mass is 170 g/mol. The van der Waals surface area contributed by atoms with Gasteiger partial charge < -0.3 is 5.32 Å². The number of rotatable bonds is 1. The van der Waals surface area contributed by atoms with Crippen molar-refractivity contribution in [3.05, 3.63) is 0 Å². The molecule has 0 amide bonds. The summed E-state index contributed by atoms with van der Waals surface area (Å²) in [6.45, 7) is 3.29. The molecule has 0 aromatic rings. The largest absolute Gasteiger partial charge is 0.360 e. The van der Waals surface area contributed by atoms with Crippen LogP contribution in [0.4, 0.5) is 0 Å². The van der Waals surface area contributed by atoms with Gasteiger partial charge in [-0.25, -0.2) is 0 Å². The van der Waals surface area contributed by atoms with Gasteiger partial charge in [0.05, 0.1) is 6.54 Å². The summed E-state index contributed by atoms with van der Waals surface area (Å²) in [4.78, 5) is 4.37. The Balaban J connectivity index is 1.88. The smallest absolute Gasteiger partial charge is 0.157 e. The molecule has 0 aromatic carbocycles. The average Bonchev–Trinajstić information content (AvgIpc) is 2.36. The number of hydrogen-bond donors (Lipinski definition) is 1. The van der Waals surface area contributed by atoms with Crippen LogP contribution >= 0.6 is 11.8 Å². The van der Waals surface area contributed by atoms with Gasteiger partial charge in [-0.2, -0.15) is 0 Å². The summed E-state index contributed by atoms with van der Waals surface area (Å²) in [6, 6.07) is 0. The van der Waals surface area contributed by atoms with Crippen molar-refractivity contribution in [3.8, 4) is 0 Å². The van der Waals surface area contributed by atoms with Gasteiger partial charge in [-0.3, -0.25) is 4.99 Å². The lowest BCUT2D eigenvalue weighted by molar-refractivity contribution is 0.245. The molecule has 2 rings (SSSR count). The molecule has 0 aromatic heterocycles. The molecule has 0 spiro atoms. The molecule has 0 atom stereocenters. The van der Waals surface area contributed by atoms with Gasteiger partial charge >= 0.3 is 0 Å². The van der Waals surface area contributed by atoms with E-state index in [1.807, 2.05) is 11.8 Å². The Kier molecular flexibility index (Phi) is 1.83. The Hall–Kier alpha value is -0.180. The van der Waals surface area contributed by atoms with E-state index in [4.69, 9.17) is 0 Å².